The first-order valence-electron chi connectivity index (χ1n) is 6.97. The number of carbonyl (C=O) groups is 2. The van der Waals surface area contributed by atoms with Crippen LogP contribution in [0.2, 0.25) is 0 Å². The molecular weight excluding hydrogens is 274 g/mol. The van der Waals surface area contributed by atoms with Gasteiger partial charge in [0.2, 0.25) is 0 Å². The van der Waals surface area contributed by atoms with Crippen LogP contribution in [0.1, 0.15) is 46.8 Å². The van der Waals surface area contributed by atoms with Crippen molar-refractivity contribution in [2.45, 2.75) is 39.5 Å². The molecule has 0 unspecified atom stereocenters. The van der Waals surface area contributed by atoms with Crippen LogP contribution in [-0.4, -0.2) is 37.5 Å². The summed E-state index contributed by atoms with van der Waals surface area (Å²) in [5.41, 5.74) is 1.27. The van der Waals surface area contributed by atoms with E-state index >= 15 is 0 Å². The Morgan fingerprint density at radius 2 is 2.05 bits per heavy atom. The van der Waals surface area contributed by atoms with Crippen molar-refractivity contribution >= 4 is 23.2 Å². The summed E-state index contributed by atoms with van der Waals surface area (Å²) in [6.45, 7) is 4.63. The minimum atomic E-state index is -0.295. The van der Waals surface area contributed by atoms with E-state index in [0.717, 1.165) is 24.1 Å². The highest BCUT2D eigenvalue weighted by Gasteiger charge is 2.17. The molecule has 0 saturated carbocycles. The lowest BCUT2D eigenvalue weighted by Gasteiger charge is -2.15. The Hall–Kier alpha value is -1.36. The van der Waals surface area contributed by atoms with E-state index in [9.17, 15) is 9.59 Å². The van der Waals surface area contributed by atoms with Crippen molar-refractivity contribution in [3.63, 3.8) is 0 Å². The van der Waals surface area contributed by atoms with Crippen LogP contribution >= 0.6 is 11.3 Å². The number of carbonyl (C=O) groups excluding carboxylic acids is 2. The number of nitrogens with zero attached hydrogens (tertiary/aromatic N) is 1. The number of hydrogen-bond acceptors (Lipinski definition) is 4. The lowest BCUT2D eigenvalue weighted by Crippen LogP contribution is -2.28. The molecule has 112 valence electrons. The Kier molecular flexibility index (Phi) is 6.71. The van der Waals surface area contributed by atoms with Gasteiger partial charge in [-0.1, -0.05) is 20.3 Å². The summed E-state index contributed by atoms with van der Waals surface area (Å²) in [6, 6.07) is 1.99. The average Bonchev–Trinajstić information content (AvgIpc) is 2.86. The van der Waals surface area contributed by atoms with Crippen LogP contribution in [0.25, 0.3) is 0 Å². The minimum absolute atomic E-state index is 0.0176. The molecule has 20 heavy (non-hydrogen) atoms. The lowest BCUT2D eigenvalue weighted by molar-refractivity contribution is -0.140. The van der Waals surface area contributed by atoms with Gasteiger partial charge >= 0.3 is 5.97 Å². The second kappa shape index (κ2) is 8.04. The van der Waals surface area contributed by atoms with Gasteiger partial charge in [0.1, 0.15) is 0 Å². The molecule has 4 nitrogen and oxygen atoms in total. The van der Waals surface area contributed by atoms with Gasteiger partial charge in [-0.3, -0.25) is 9.59 Å². The normalized spacial score (nSPS) is 10.4. The van der Waals surface area contributed by atoms with Crippen molar-refractivity contribution in [3.8, 4) is 0 Å². The molecule has 0 aliphatic rings. The molecule has 1 amide bonds. The van der Waals surface area contributed by atoms with Gasteiger partial charge in [-0.05, 0) is 24.5 Å². The molecular formula is C15H23NO3S. The predicted molar refractivity (Wildman–Crippen MR) is 81.3 cm³/mol. The van der Waals surface area contributed by atoms with Crippen LogP contribution in [0.15, 0.2) is 6.07 Å². The van der Waals surface area contributed by atoms with Crippen molar-refractivity contribution in [2.75, 3.05) is 20.7 Å². The second-order valence-corrected chi connectivity index (χ2v) is 5.85. The van der Waals surface area contributed by atoms with Crippen molar-refractivity contribution in [3.05, 3.63) is 21.4 Å². The van der Waals surface area contributed by atoms with E-state index in [2.05, 4.69) is 18.6 Å². The third-order valence-corrected chi connectivity index (χ3v) is 4.42. The van der Waals surface area contributed by atoms with Crippen molar-refractivity contribution in [1.29, 1.82) is 0 Å². The molecule has 0 radical (unpaired) electrons. The van der Waals surface area contributed by atoms with Gasteiger partial charge in [0.05, 0.1) is 18.4 Å². The molecule has 0 aromatic carbocycles. The number of rotatable bonds is 7. The van der Waals surface area contributed by atoms with Gasteiger partial charge in [-0.2, -0.15) is 0 Å². The van der Waals surface area contributed by atoms with Gasteiger partial charge in [0.25, 0.3) is 5.91 Å². The number of aryl methyl sites for hydroxylation is 2. The second-order valence-electron chi connectivity index (χ2n) is 4.72. The molecule has 0 aliphatic heterocycles. The average molecular weight is 297 g/mol. The molecule has 0 atom stereocenters. The maximum Gasteiger partial charge on any atom is 0.307 e. The van der Waals surface area contributed by atoms with E-state index in [0.29, 0.717) is 6.54 Å². The molecule has 0 bridgehead atoms. The number of methoxy groups -OCH3 is 1. The molecule has 5 heteroatoms. The fourth-order valence-electron chi connectivity index (χ4n) is 1.96. The summed E-state index contributed by atoms with van der Waals surface area (Å²) in [5.74, 6) is -0.312. The third-order valence-electron chi connectivity index (χ3n) is 3.19. The molecule has 0 spiro atoms. The summed E-state index contributed by atoms with van der Waals surface area (Å²) in [4.78, 5) is 27.1. The van der Waals surface area contributed by atoms with Gasteiger partial charge in [0.15, 0.2) is 0 Å². The molecule has 0 N–H and O–H groups in total. The standard InChI is InChI=1S/C15H23NO3S/c1-5-7-12-11(6-2)10-13(20-12)15(18)16(3)9-8-14(17)19-4/h10H,5-9H2,1-4H3. The largest absolute Gasteiger partial charge is 0.469 e. The van der Waals surface area contributed by atoms with E-state index in [1.165, 1.54) is 17.6 Å². The SMILES string of the molecule is CCCc1sc(C(=O)N(C)CCC(=O)OC)cc1CC. The molecule has 0 saturated heterocycles. The maximum absolute atomic E-state index is 12.3. The number of esters is 1. The van der Waals surface area contributed by atoms with E-state index in [-0.39, 0.29) is 18.3 Å². The third kappa shape index (κ3) is 4.34. The number of ether oxygens (including phenoxy) is 1. The highest BCUT2D eigenvalue weighted by molar-refractivity contribution is 7.14. The first-order chi connectivity index (χ1) is 9.53. The predicted octanol–water partition coefficient (Wildman–Crippen LogP) is 2.90. The number of hydrogen-bond donors (Lipinski definition) is 0. The van der Waals surface area contributed by atoms with Gasteiger partial charge in [-0.15, -0.1) is 11.3 Å². The Morgan fingerprint density at radius 1 is 1.35 bits per heavy atom. The molecule has 1 aromatic heterocycles. The molecule has 1 rings (SSSR count). The van der Waals surface area contributed by atoms with E-state index in [1.54, 1.807) is 23.3 Å². The van der Waals surface area contributed by atoms with Crippen LogP contribution in [0, 0.1) is 0 Å². The minimum Gasteiger partial charge on any atom is -0.469 e. The summed E-state index contributed by atoms with van der Waals surface area (Å²) < 4.78 is 4.58. The van der Waals surface area contributed by atoms with Crippen LogP contribution < -0.4 is 0 Å². The van der Waals surface area contributed by atoms with Gasteiger partial charge in [0, 0.05) is 18.5 Å². The summed E-state index contributed by atoms with van der Waals surface area (Å²) in [5, 5.41) is 0. The highest BCUT2D eigenvalue weighted by Crippen LogP contribution is 2.25. The fraction of sp³-hybridized carbons (Fsp3) is 0.600. The van der Waals surface area contributed by atoms with Crippen molar-refractivity contribution in [2.24, 2.45) is 0 Å². The smallest absolute Gasteiger partial charge is 0.307 e. The Balaban J connectivity index is 2.73. The fourth-order valence-corrected chi connectivity index (χ4v) is 3.31. The Labute approximate surface area is 124 Å². The number of amides is 1. The van der Waals surface area contributed by atoms with Gasteiger partial charge in [-0.25, -0.2) is 0 Å². The molecule has 0 aliphatic carbocycles. The molecule has 0 fully saturated rings. The zero-order chi connectivity index (χ0) is 15.1. The van der Waals surface area contributed by atoms with E-state index in [1.807, 2.05) is 6.07 Å². The summed E-state index contributed by atoms with van der Waals surface area (Å²) in [6.07, 6.45) is 3.28. The zero-order valence-corrected chi connectivity index (χ0v) is 13.5. The van der Waals surface area contributed by atoms with Crippen molar-refractivity contribution in [1.82, 2.24) is 4.90 Å². The zero-order valence-electron chi connectivity index (χ0n) is 12.7. The lowest BCUT2D eigenvalue weighted by atomic mass is 10.1. The highest BCUT2D eigenvalue weighted by atomic mass is 32.1. The molecule has 1 heterocycles. The number of thiophene rings is 1. The van der Waals surface area contributed by atoms with Gasteiger partial charge < -0.3 is 9.64 Å². The monoisotopic (exact) mass is 297 g/mol. The quantitative estimate of drug-likeness (QED) is 0.727. The first-order valence-corrected chi connectivity index (χ1v) is 7.78. The Bertz CT molecular complexity index is 468. The van der Waals surface area contributed by atoms with Crippen LogP contribution in [0.4, 0.5) is 0 Å². The Morgan fingerprint density at radius 3 is 2.60 bits per heavy atom. The summed E-state index contributed by atoms with van der Waals surface area (Å²) >= 11 is 1.58. The van der Waals surface area contributed by atoms with Crippen LogP contribution in [0.3, 0.4) is 0 Å². The maximum atomic E-state index is 12.3. The van der Waals surface area contributed by atoms with E-state index < -0.39 is 0 Å². The van der Waals surface area contributed by atoms with Crippen molar-refractivity contribution < 1.29 is 14.3 Å². The van der Waals surface area contributed by atoms with Crippen LogP contribution in [0.5, 0.6) is 0 Å². The molecule has 1 aromatic rings. The van der Waals surface area contributed by atoms with E-state index in [4.69, 9.17) is 0 Å². The summed E-state index contributed by atoms with van der Waals surface area (Å²) in [7, 11) is 3.07. The topological polar surface area (TPSA) is 46.6 Å². The first kappa shape index (κ1) is 16.7. The van der Waals surface area contributed by atoms with Crippen LogP contribution in [-0.2, 0) is 22.4 Å².